The average molecular weight is 252 g/mol. The second kappa shape index (κ2) is 7.59. The number of carbonyl (C=O) groups excluding carboxylic acids is 1. The largest absolute Gasteiger partial charge is 0.383 e. The molecule has 0 bridgehead atoms. The maximum absolute atomic E-state index is 11.2. The highest BCUT2D eigenvalue weighted by Crippen LogP contribution is 1.90. The first kappa shape index (κ1) is 15.3. The third kappa shape index (κ3) is 6.76. The molecule has 0 rings (SSSR count). The number of nitrogens with zero attached hydrogens (tertiary/aromatic N) is 1. The number of sulfonamides is 1. The van der Waals surface area contributed by atoms with Gasteiger partial charge in [-0.15, -0.1) is 0 Å². The van der Waals surface area contributed by atoms with Crippen LogP contribution in [0.1, 0.15) is 13.8 Å². The summed E-state index contributed by atoms with van der Waals surface area (Å²) in [4.78, 5) is 12.7. The van der Waals surface area contributed by atoms with E-state index >= 15 is 0 Å². The molecule has 6 nitrogen and oxygen atoms in total. The van der Waals surface area contributed by atoms with Gasteiger partial charge in [-0.25, -0.2) is 13.1 Å². The molecule has 1 amide bonds. The fraction of sp³-hybridized carbons (Fsp3) is 0.889. The van der Waals surface area contributed by atoms with Crippen LogP contribution >= 0.6 is 0 Å². The standard InChI is InChI=1S/C9H20N2O4S/c1-4-16(13,14)10-5-6-11(9(2)12)7-8-15-3/h10H,4-8H2,1-3H3. The number of hydrogen-bond acceptors (Lipinski definition) is 4. The van der Waals surface area contributed by atoms with Crippen LogP contribution in [-0.2, 0) is 19.6 Å². The SMILES string of the molecule is CCS(=O)(=O)NCCN(CCOC)C(C)=O. The van der Waals surface area contributed by atoms with Crippen molar-refractivity contribution >= 4 is 15.9 Å². The molecule has 0 aromatic carbocycles. The minimum absolute atomic E-state index is 0.0468. The van der Waals surface area contributed by atoms with Gasteiger partial charge in [0.2, 0.25) is 15.9 Å². The quantitative estimate of drug-likeness (QED) is 0.627. The smallest absolute Gasteiger partial charge is 0.219 e. The fourth-order valence-corrected chi connectivity index (χ4v) is 1.67. The van der Waals surface area contributed by atoms with Crippen LogP contribution in [0.5, 0.6) is 0 Å². The second-order valence-corrected chi connectivity index (χ2v) is 5.39. The van der Waals surface area contributed by atoms with E-state index in [1.807, 2.05) is 0 Å². The Morgan fingerprint density at radius 2 is 2.00 bits per heavy atom. The summed E-state index contributed by atoms with van der Waals surface area (Å²) in [5, 5.41) is 0. The normalized spacial score (nSPS) is 11.4. The Balaban J connectivity index is 3.98. The van der Waals surface area contributed by atoms with E-state index in [-0.39, 0.29) is 18.2 Å². The van der Waals surface area contributed by atoms with Gasteiger partial charge in [0.1, 0.15) is 0 Å². The summed E-state index contributed by atoms with van der Waals surface area (Å²) in [6.07, 6.45) is 0. The van der Waals surface area contributed by atoms with Crippen molar-refractivity contribution in [3.05, 3.63) is 0 Å². The lowest BCUT2D eigenvalue weighted by atomic mass is 10.4. The van der Waals surface area contributed by atoms with Gasteiger partial charge in [0.25, 0.3) is 0 Å². The lowest BCUT2D eigenvalue weighted by molar-refractivity contribution is -0.129. The highest BCUT2D eigenvalue weighted by Gasteiger charge is 2.10. The molecule has 0 atom stereocenters. The monoisotopic (exact) mass is 252 g/mol. The number of rotatable bonds is 8. The van der Waals surface area contributed by atoms with E-state index in [1.54, 1.807) is 18.9 Å². The molecule has 0 aromatic rings. The van der Waals surface area contributed by atoms with Crippen LogP contribution in [0.3, 0.4) is 0 Å². The zero-order valence-electron chi connectivity index (χ0n) is 10.0. The minimum atomic E-state index is -3.18. The summed E-state index contributed by atoms with van der Waals surface area (Å²) in [7, 11) is -1.63. The molecule has 0 saturated heterocycles. The third-order valence-corrected chi connectivity index (χ3v) is 3.50. The highest BCUT2D eigenvalue weighted by atomic mass is 32.2. The van der Waals surface area contributed by atoms with Gasteiger partial charge in [-0.3, -0.25) is 4.79 Å². The van der Waals surface area contributed by atoms with E-state index < -0.39 is 10.0 Å². The van der Waals surface area contributed by atoms with Gasteiger partial charge >= 0.3 is 0 Å². The Bertz CT molecular complexity index is 303. The van der Waals surface area contributed by atoms with E-state index in [0.29, 0.717) is 19.7 Å². The van der Waals surface area contributed by atoms with Crippen molar-refractivity contribution < 1.29 is 17.9 Å². The lowest BCUT2D eigenvalue weighted by Crippen LogP contribution is -2.39. The van der Waals surface area contributed by atoms with Crippen molar-refractivity contribution in [1.82, 2.24) is 9.62 Å². The Kier molecular flexibility index (Phi) is 7.27. The predicted molar refractivity (Wildman–Crippen MR) is 61.6 cm³/mol. The van der Waals surface area contributed by atoms with Gasteiger partial charge in [0.15, 0.2) is 0 Å². The van der Waals surface area contributed by atoms with Crippen LogP contribution in [0.2, 0.25) is 0 Å². The summed E-state index contributed by atoms with van der Waals surface area (Å²) in [6.45, 7) is 4.52. The average Bonchev–Trinajstić information content (AvgIpc) is 2.22. The molecule has 0 fully saturated rings. The van der Waals surface area contributed by atoms with Gasteiger partial charge in [0.05, 0.1) is 12.4 Å². The molecule has 0 aliphatic heterocycles. The van der Waals surface area contributed by atoms with Crippen LogP contribution < -0.4 is 4.72 Å². The molecule has 0 spiro atoms. The molecule has 16 heavy (non-hydrogen) atoms. The Hall–Kier alpha value is -0.660. The van der Waals surface area contributed by atoms with Gasteiger partial charge < -0.3 is 9.64 Å². The summed E-state index contributed by atoms with van der Waals surface area (Å²) in [6, 6.07) is 0. The topological polar surface area (TPSA) is 75.7 Å². The molecule has 7 heteroatoms. The molecular weight excluding hydrogens is 232 g/mol. The van der Waals surface area contributed by atoms with E-state index in [0.717, 1.165) is 0 Å². The number of carbonyl (C=O) groups is 1. The summed E-state index contributed by atoms with van der Waals surface area (Å²) >= 11 is 0. The van der Waals surface area contributed by atoms with Crippen molar-refractivity contribution in [2.75, 3.05) is 39.1 Å². The Labute approximate surface area is 97.0 Å². The first-order valence-electron chi connectivity index (χ1n) is 5.14. The third-order valence-electron chi connectivity index (χ3n) is 2.09. The Morgan fingerprint density at radius 3 is 2.44 bits per heavy atom. The molecule has 96 valence electrons. The minimum Gasteiger partial charge on any atom is -0.383 e. The predicted octanol–water partition coefficient (Wildman–Crippen LogP) is -0.579. The van der Waals surface area contributed by atoms with E-state index in [9.17, 15) is 13.2 Å². The number of amides is 1. The number of nitrogens with one attached hydrogen (secondary N) is 1. The van der Waals surface area contributed by atoms with Gasteiger partial charge in [-0.2, -0.15) is 0 Å². The molecule has 0 heterocycles. The van der Waals surface area contributed by atoms with Gasteiger partial charge in [-0.1, -0.05) is 0 Å². The van der Waals surface area contributed by atoms with Crippen molar-refractivity contribution in [2.24, 2.45) is 0 Å². The van der Waals surface area contributed by atoms with Crippen molar-refractivity contribution in [3.8, 4) is 0 Å². The van der Waals surface area contributed by atoms with Crippen LogP contribution in [0, 0.1) is 0 Å². The molecule has 0 aromatic heterocycles. The second-order valence-electron chi connectivity index (χ2n) is 3.30. The first-order chi connectivity index (χ1) is 7.43. The molecule has 0 aliphatic rings. The summed E-state index contributed by atoms with van der Waals surface area (Å²) in [5.74, 6) is -0.0433. The molecular formula is C9H20N2O4S. The first-order valence-corrected chi connectivity index (χ1v) is 6.80. The van der Waals surface area contributed by atoms with Crippen molar-refractivity contribution in [1.29, 1.82) is 0 Å². The lowest BCUT2D eigenvalue weighted by Gasteiger charge is -2.20. The number of ether oxygens (including phenoxy) is 1. The zero-order valence-corrected chi connectivity index (χ0v) is 10.8. The van der Waals surface area contributed by atoms with Crippen LogP contribution in [-0.4, -0.2) is 58.3 Å². The maximum Gasteiger partial charge on any atom is 0.219 e. The van der Waals surface area contributed by atoms with Gasteiger partial charge in [0, 0.05) is 33.7 Å². The number of methoxy groups -OCH3 is 1. The van der Waals surface area contributed by atoms with Crippen LogP contribution in [0.15, 0.2) is 0 Å². The molecule has 0 saturated carbocycles. The Morgan fingerprint density at radius 1 is 1.38 bits per heavy atom. The number of hydrogen-bond donors (Lipinski definition) is 1. The molecule has 1 N–H and O–H groups in total. The maximum atomic E-state index is 11.2. The van der Waals surface area contributed by atoms with Crippen molar-refractivity contribution in [2.45, 2.75) is 13.8 Å². The van der Waals surface area contributed by atoms with E-state index in [4.69, 9.17) is 4.74 Å². The van der Waals surface area contributed by atoms with Crippen LogP contribution in [0.4, 0.5) is 0 Å². The summed E-state index contributed by atoms with van der Waals surface area (Å²) in [5.41, 5.74) is 0. The molecule has 0 radical (unpaired) electrons. The summed E-state index contributed by atoms with van der Waals surface area (Å²) < 4.78 is 29.5. The van der Waals surface area contributed by atoms with Crippen LogP contribution in [0.25, 0.3) is 0 Å². The van der Waals surface area contributed by atoms with Gasteiger partial charge in [-0.05, 0) is 6.92 Å². The fourth-order valence-electron chi connectivity index (χ4n) is 1.07. The highest BCUT2D eigenvalue weighted by molar-refractivity contribution is 7.89. The molecule has 0 unspecified atom stereocenters. The van der Waals surface area contributed by atoms with E-state index in [1.165, 1.54) is 6.92 Å². The molecule has 0 aliphatic carbocycles. The zero-order chi connectivity index (χ0) is 12.6. The van der Waals surface area contributed by atoms with Crippen molar-refractivity contribution in [3.63, 3.8) is 0 Å². The van der Waals surface area contributed by atoms with E-state index in [2.05, 4.69) is 4.72 Å².